The quantitative estimate of drug-likeness (QED) is 0.813. The van der Waals surface area contributed by atoms with Crippen molar-refractivity contribution < 1.29 is 4.79 Å². The Bertz CT molecular complexity index is 459. The van der Waals surface area contributed by atoms with Crippen molar-refractivity contribution in [2.24, 2.45) is 5.41 Å². The molecule has 0 aromatic heterocycles. The average molecular weight is 275 g/mol. The van der Waals surface area contributed by atoms with Gasteiger partial charge in [0, 0.05) is 12.3 Å². The molecule has 2 nitrogen and oxygen atoms in total. The zero-order valence-corrected chi connectivity index (χ0v) is 12.1. The van der Waals surface area contributed by atoms with Crippen LogP contribution in [0.25, 0.3) is 0 Å². The highest BCUT2D eigenvalue weighted by Gasteiger charge is 2.61. The van der Waals surface area contributed by atoms with E-state index < -0.39 is 0 Å². The molecule has 0 unspecified atom stereocenters. The lowest BCUT2D eigenvalue weighted by Crippen LogP contribution is -2.60. The Morgan fingerprint density at radius 2 is 1.89 bits per heavy atom. The molecule has 3 rings (SSSR count). The number of carbonyl (C=O) groups is 1. The number of hydrogen-bond acceptors (Lipinski definition) is 2. The Balaban J connectivity index is 1.83. The number of carbonyl (C=O) groups excluding carboxylic acids is 1. The highest BCUT2D eigenvalue weighted by Crippen LogP contribution is 2.65. The molecule has 2 fully saturated rings. The third kappa shape index (κ3) is 2.08. The van der Waals surface area contributed by atoms with E-state index in [1.165, 1.54) is 24.8 Å². The third-order valence-corrected chi connectivity index (χ3v) is 5.15. The van der Waals surface area contributed by atoms with Crippen LogP contribution in [0, 0.1) is 5.41 Å². The topological polar surface area (TPSA) is 29.1 Å². The minimum Gasteiger partial charge on any atom is -0.355 e. The van der Waals surface area contributed by atoms with Gasteiger partial charge in [0.25, 0.3) is 0 Å². The average Bonchev–Trinajstić information content (AvgIpc) is 2.35. The number of rotatable bonds is 4. The third-order valence-electron chi connectivity index (χ3n) is 4.93. The van der Waals surface area contributed by atoms with Crippen LogP contribution in [0.2, 0.25) is 0 Å². The van der Waals surface area contributed by atoms with E-state index in [0.717, 1.165) is 12.8 Å². The Hall–Kier alpha value is -0.960. The van der Waals surface area contributed by atoms with Crippen LogP contribution < -0.4 is 5.32 Å². The Kier molecular flexibility index (Phi) is 3.34. The number of amides is 1. The van der Waals surface area contributed by atoms with E-state index in [0.29, 0.717) is 17.7 Å². The molecule has 2 aliphatic carbocycles. The van der Waals surface area contributed by atoms with Crippen LogP contribution >= 0.6 is 12.6 Å². The summed E-state index contributed by atoms with van der Waals surface area (Å²) in [6, 6.07) is 10.3. The summed E-state index contributed by atoms with van der Waals surface area (Å²) in [6.07, 6.45) is 6.01. The first-order valence-electron chi connectivity index (χ1n) is 7.16. The van der Waals surface area contributed by atoms with E-state index in [1.807, 2.05) is 18.2 Å². The van der Waals surface area contributed by atoms with Crippen molar-refractivity contribution in [1.82, 2.24) is 5.32 Å². The number of nitrogens with one attached hydrogen (secondary N) is 1. The van der Waals surface area contributed by atoms with Crippen LogP contribution in [0.1, 0.15) is 37.7 Å². The van der Waals surface area contributed by atoms with E-state index in [9.17, 15) is 4.79 Å². The van der Waals surface area contributed by atoms with E-state index in [2.05, 4.69) is 30.1 Å². The van der Waals surface area contributed by atoms with E-state index in [-0.39, 0.29) is 11.3 Å². The molecule has 1 aromatic rings. The summed E-state index contributed by atoms with van der Waals surface area (Å²) < 4.78 is 0. The van der Waals surface area contributed by atoms with Crippen LogP contribution in [0.3, 0.4) is 0 Å². The molecule has 1 N–H and O–H groups in total. The first kappa shape index (κ1) is 13.0. The minimum absolute atomic E-state index is 0.199. The van der Waals surface area contributed by atoms with Gasteiger partial charge in [0.05, 0.1) is 5.41 Å². The maximum atomic E-state index is 12.6. The van der Waals surface area contributed by atoms with Crippen LogP contribution in [-0.2, 0) is 10.2 Å². The van der Waals surface area contributed by atoms with Gasteiger partial charge in [0.2, 0.25) is 5.91 Å². The van der Waals surface area contributed by atoms with Gasteiger partial charge in [-0.15, -0.1) is 0 Å². The first-order valence-corrected chi connectivity index (χ1v) is 7.79. The second kappa shape index (κ2) is 4.86. The van der Waals surface area contributed by atoms with Crippen molar-refractivity contribution in [2.45, 2.75) is 37.5 Å². The van der Waals surface area contributed by atoms with Crippen molar-refractivity contribution in [3.63, 3.8) is 0 Å². The molecule has 0 atom stereocenters. The lowest BCUT2D eigenvalue weighted by atomic mass is 9.43. The first-order chi connectivity index (χ1) is 9.21. The predicted molar refractivity (Wildman–Crippen MR) is 80.5 cm³/mol. The Morgan fingerprint density at radius 1 is 1.21 bits per heavy atom. The Labute approximate surface area is 120 Å². The predicted octanol–water partition coefficient (Wildman–Crippen LogP) is 2.93. The van der Waals surface area contributed by atoms with Crippen LogP contribution in [0.15, 0.2) is 30.3 Å². The van der Waals surface area contributed by atoms with Crippen molar-refractivity contribution in [1.29, 1.82) is 0 Å². The Morgan fingerprint density at radius 3 is 2.42 bits per heavy atom. The van der Waals surface area contributed by atoms with Gasteiger partial charge in [0.1, 0.15) is 0 Å². The lowest BCUT2D eigenvalue weighted by Gasteiger charge is -2.60. The minimum atomic E-state index is -0.273. The number of hydrogen-bond donors (Lipinski definition) is 2. The molecule has 19 heavy (non-hydrogen) atoms. The number of benzene rings is 1. The summed E-state index contributed by atoms with van der Waals surface area (Å²) in [5, 5.41) is 3.04. The monoisotopic (exact) mass is 275 g/mol. The fraction of sp³-hybridized carbons (Fsp3) is 0.562. The summed E-state index contributed by atoms with van der Waals surface area (Å²) >= 11 is 4.17. The van der Waals surface area contributed by atoms with Gasteiger partial charge in [-0.3, -0.25) is 4.79 Å². The fourth-order valence-corrected chi connectivity index (χ4v) is 3.96. The van der Waals surface area contributed by atoms with Crippen LogP contribution in [0.5, 0.6) is 0 Å². The second-order valence-electron chi connectivity index (χ2n) is 6.13. The van der Waals surface area contributed by atoms with E-state index >= 15 is 0 Å². The summed E-state index contributed by atoms with van der Waals surface area (Å²) in [7, 11) is 0. The molecule has 2 aliphatic rings. The molecular weight excluding hydrogens is 254 g/mol. The van der Waals surface area contributed by atoms with Gasteiger partial charge in [-0.2, -0.15) is 12.6 Å². The lowest BCUT2D eigenvalue weighted by molar-refractivity contribution is -0.142. The van der Waals surface area contributed by atoms with Gasteiger partial charge in [-0.25, -0.2) is 0 Å². The molecule has 0 aliphatic heterocycles. The fourth-order valence-electron chi connectivity index (χ4n) is 3.85. The van der Waals surface area contributed by atoms with Gasteiger partial charge in [-0.1, -0.05) is 36.8 Å². The highest BCUT2D eigenvalue weighted by atomic mass is 32.1. The van der Waals surface area contributed by atoms with E-state index in [4.69, 9.17) is 0 Å². The maximum Gasteiger partial charge on any atom is 0.230 e. The van der Waals surface area contributed by atoms with E-state index in [1.54, 1.807) is 0 Å². The van der Waals surface area contributed by atoms with Gasteiger partial charge >= 0.3 is 0 Å². The standard InChI is InChI=1S/C16H21NOS/c18-14(17-9-10-19)16(13-5-2-1-3-6-13)11-15(12-16)7-4-8-15/h1-3,5-6,19H,4,7-12H2,(H,17,18). The normalized spacial score (nSPS) is 22.4. The summed E-state index contributed by atoms with van der Waals surface area (Å²) in [4.78, 5) is 12.6. The maximum absolute atomic E-state index is 12.6. The van der Waals surface area contributed by atoms with Crippen molar-refractivity contribution in [2.75, 3.05) is 12.3 Å². The largest absolute Gasteiger partial charge is 0.355 e. The van der Waals surface area contributed by atoms with Gasteiger partial charge < -0.3 is 5.32 Å². The molecular formula is C16H21NOS. The van der Waals surface area contributed by atoms with Crippen molar-refractivity contribution >= 4 is 18.5 Å². The second-order valence-corrected chi connectivity index (χ2v) is 6.58. The molecule has 0 radical (unpaired) electrons. The van der Waals surface area contributed by atoms with Crippen LogP contribution in [0.4, 0.5) is 0 Å². The molecule has 2 saturated carbocycles. The summed E-state index contributed by atoms with van der Waals surface area (Å²) in [5.41, 5.74) is 1.39. The van der Waals surface area contributed by atoms with Crippen molar-refractivity contribution in [3.8, 4) is 0 Å². The zero-order valence-electron chi connectivity index (χ0n) is 11.2. The summed E-state index contributed by atoms with van der Waals surface area (Å²) in [5.74, 6) is 0.896. The van der Waals surface area contributed by atoms with Gasteiger partial charge in [0.15, 0.2) is 0 Å². The zero-order chi connectivity index (χ0) is 13.3. The molecule has 1 amide bonds. The molecule has 0 saturated heterocycles. The molecule has 3 heteroatoms. The molecule has 1 spiro atoms. The molecule has 0 heterocycles. The highest BCUT2D eigenvalue weighted by molar-refractivity contribution is 7.80. The molecule has 1 aromatic carbocycles. The molecule has 102 valence electrons. The van der Waals surface area contributed by atoms with Crippen molar-refractivity contribution in [3.05, 3.63) is 35.9 Å². The SMILES string of the molecule is O=C(NCCS)C1(c2ccccc2)CC2(CCC2)C1. The van der Waals surface area contributed by atoms with Crippen LogP contribution in [-0.4, -0.2) is 18.2 Å². The molecule has 0 bridgehead atoms. The van der Waals surface area contributed by atoms with Gasteiger partial charge in [-0.05, 0) is 36.7 Å². The number of thiol groups is 1. The summed E-state index contributed by atoms with van der Waals surface area (Å²) in [6.45, 7) is 0.656. The smallest absolute Gasteiger partial charge is 0.230 e.